The van der Waals surface area contributed by atoms with Crippen molar-refractivity contribution >= 4 is 29.1 Å². The van der Waals surface area contributed by atoms with Crippen LogP contribution in [0.15, 0.2) is 6.33 Å². The lowest BCUT2D eigenvalue weighted by Crippen LogP contribution is -2.51. The van der Waals surface area contributed by atoms with Crippen LogP contribution in [-0.4, -0.2) is 62.6 Å². The lowest BCUT2D eigenvalue weighted by molar-refractivity contribution is -0.144. The molecule has 1 saturated carbocycles. The molecule has 1 fully saturated rings. The molecule has 1 aromatic rings. The van der Waals surface area contributed by atoms with Gasteiger partial charge in [-0.05, 0) is 31.5 Å². The van der Waals surface area contributed by atoms with Crippen LogP contribution in [-0.2, 0) is 14.8 Å². The van der Waals surface area contributed by atoms with E-state index >= 15 is 0 Å². The van der Waals surface area contributed by atoms with Crippen molar-refractivity contribution in [3.05, 3.63) is 6.33 Å². The molecule has 3 atom stereocenters. The molecule has 13 heteroatoms. The molecule has 0 amide bonds. The highest BCUT2D eigenvalue weighted by Gasteiger charge is 2.53. The first-order valence-electron chi connectivity index (χ1n) is 7.40. The van der Waals surface area contributed by atoms with E-state index in [1.807, 2.05) is 0 Å². The highest BCUT2D eigenvalue weighted by atomic mass is 32.2. The number of rotatable bonds is 8. The van der Waals surface area contributed by atoms with Crippen LogP contribution in [0.4, 0.5) is 5.95 Å². The summed E-state index contributed by atoms with van der Waals surface area (Å²) in [6.07, 6.45) is 1.65. The fourth-order valence-corrected chi connectivity index (χ4v) is 4.56. The lowest BCUT2D eigenvalue weighted by Gasteiger charge is -2.26. The molecular weight excluding hydrogens is 341 g/mol. The van der Waals surface area contributed by atoms with Gasteiger partial charge in [-0.3, -0.25) is 9.52 Å². The molecule has 1 heterocycles. The number of carbonyl (C=O) groups is 1. The van der Waals surface area contributed by atoms with E-state index in [1.165, 1.54) is 0 Å². The number of nitrogens with zero attached hydrogens (tertiary/aromatic N) is 2. The summed E-state index contributed by atoms with van der Waals surface area (Å²) >= 11 is 0. The van der Waals surface area contributed by atoms with Gasteiger partial charge in [-0.1, -0.05) is 6.42 Å². The van der Waals surface area contributed by atoms with Gasteiger partial charge in [-0.25, -0.2) is 13.5 Å². The quantitative estimate of drug-likeness (QED) is 0.295. The molecule has 1 unspecified atom stereocenters. The van der Waals surface area contributed by atoms with Crippen LogP contribution in [0.5, 0.6) is 0 Å². The Kier molecular flexibility index (Phi) is 5.47. The van der Waals surface area contributed by atoms with Gasteiger partial charge in [0.25, 0.3) is 0 Å². The topological polar surface area (TPSA) is 192 Å². The van der Waals surface area contributed by atoms with Gasteiger partial charge in [0, 0.05) is 0 Å². The molecule has 7 N–H and O–H groups in total. The summed E-state index contributed by atoms with van der Waals surface area (Å²) in [4.78, 5) is 15.2. The van der Waals surface area contributed by atoms with E-state index in [4.69, 9.17) is 15.8 Å². The maximum Gasteiger partial charge on any atom is 0.451 e. The van der Waals surface area contributed by atoms with Gasteiger partial charge in [-0.15, -0.1) is 0 Å². The normalized spacial score (nSPS) is 27.1. The van der Waals surface area contributed by atoms with Gasteiger partial charge >= 0.3 is 13.1 Å². The largest absolute Gasteiger partial charge is 0.480 e. The standard InChI is InChI=1S/C11H20BN5O6S/c13-11(9(18)19)5-8(4-7(11)2-1-3-12(20)21)24(22,23)17-10-14-6-15-16-10/h6-8,20-21H,1-5,13H2,(H,18,19)(H2,14,15,16,17)/t7-,8?,11-/m0/s1. The number of aromatic amines is 1. The van der Waals surface area contributed by atoms with E-state index in [0.29, 0.717) is 6.42 Å². The number of sulfonamides is 1. The minimum absolute atomic E-state index is 0.0557. The molecule has 1 aliphatic carbocycles. The van der Waals surface area contributed by atoms with Crippen molar-refractivity contribution in [1.82, 2.24) is 15.2 Å². The number of carboxylic acids is 1. The molecule has 1 aliphatic rings. The molecular formula is C11H20BN5O6S. The summed E-state index contributed by atoms with van der Waals surface area (Å²) in [5.41, 5.74) is 4.29. The average Bonchev–Trinajstić information content (AvgIpc) is 3.07. The Bertz CT molecular complexity index is 668. The number of anilines is 1. The number of hydrogen-bond donors (Lipinski definition) is 6. The first-order chi connectivity index (χ1) is 11.1. The molecule has 1 aromatic heterocycles. The van der Waals surface area contributed by atoms with Crippen LogP contribution >= 0.6 is 0 Å². The molecule has 0 bridgehead atoms. The predicted octanol–water partition coefficient (Wildman–Crippen LogP) is -1.64. The monoisotopic (exact) mass is 361 g/mol. The summed E-state index contributed by atoms with van der Waals surface area (Å²) < 4.78 is 27.0. The molecule has 0 spiro atoms. The highest BCUT2D eigenvalue weighted by Crippen LogP contribution is 2.41. The number of aromatic nitrogens is 3. The number of nitrogens with one attached hydrogen (secondary N) is 2. The Morgan fingerprint density at radius 1 is 1.54 bits per heavy atom. The van der Waals surface area contributed by atoms with E-state index in [2.05, 4.69) is 19.9 Å². The Morgan fingerprint density at radius 2 is 2.25 bits per heavy atom. The van der Waals surface area contributed by atoms with Gasteiger partial charge in [-0.2, -0.15) is 10.1 Å². The van der Waals surface area contributed by atoms with Crippen LogP contribution in [0.2, 0.25) is 6.32 Å². The van der Waals surface area contributed by atoms with Crippen molar-refractivity contribution in [1.29, 1.82) is 0 Å². The first kappa shape index (κ1) is 18.6. The first-order valence-corrected chi connectivity index (χ1v) is 8.95. The SMILES string of the molecule is N[C@@]1(C(=O)O)CC(S(=O)(=O)Nc2ncn[nH]2)C[C@@H]1CCCB(O)O. The molecule has 24 heavy (non-hydrogen) atoms. The van der Waals surface area contributed by atoms with Crippen LogP contribution < -0.4 is 10.5 Å². The highest BCUT2D eigenvalue weighted by molar-refractivity contribution is 7.93. The van der Waals surface area contributed by atoms with Crippen molar-refractivity contribution in [2.45, 2.75) is 42.8 Å². The third kappa shape index (κ3) is 4.04. The van der Waals surface area contributed by atoms with E-state index < -0.39 is 39.8 Å². The van der Waals surface area contributed by atoms with E-state index in [-0.39, 0.29) is 31.5 Å². The maximum atomic E-state index is 12.4. The molecule has 2 rings (SSSR count). The zero-order chi connectivity index (χ0) is 18.0. The van der Waals surface area contributed by atoms with Gasteiger partial charge in [0.05, 0.1) is 5.25 Å². The Labute approximate surface area is 138 Å². The second kappa shape index (κ2) is 7.05. The lowest BCUT2D eigenvalue weighted by atomic mass is 9.78. The second-order valence-corrected chi connectivity index (χ2v) is 7.96. The summed E-state index contributed by atoms with van der Waals surface area (Å²) in [6, 6.07) is 0. The summed E-state index contributed by atoms with van der Waals surface area (Å²) in [7, 11) is -5.38. The summed E-state index contributed by atoms with van der Waals surface area (Å²) in [6.45, 7) is 0. The number of aliphatic carboxylic acids is 1. The Morgan fingerprint density at radius 3 is 2.79 bits per heavy atom. The molecule has 134 valence electrons. The average molecular weight is 361 g/mol. The molecule has 0 saturated heterocycles. The van der Waals surface area contributed by atoms with E-state index in [0.717, 1.165) is 6.33 Å². The molecule has 11 nitrogen and oxygen atoms in total. The fourth-order valence-electron chi connectivity index (χ4n) is 3.05. The fraction of sp³-hybridized carbons (Fsp3) is 0.727. The molecule has 0 radical (unpaired) electrons. The number of carboxylic acid groups (broad SMARTS) is 1. The van der Waals surface area contributed by atoms with Crippen LogP contribution in [0.1, 0.15) is 25.7 Å². The molecule has 0 aliphatic heterocycles. The van der Waals surface area contributed by atoms with Crippen molar-refractivity contribution in [2.75, 3.05) is 4.72 Å². The van der Waals surface area contributed by atoms with Gasteiger partial charge in [0.1, 0.15) is 11.9 Å². The van der Waals surface area contributed by atoms with E-state index in [1.54, 1.807) is 0 Å². The minimum Gasteiger partial charge on any atom is -0.480 e. The van der Waals surface area contributed by atoms with Crippen molar-refractivity contribution in [2.24, 2.45) is 11.7 Å². The van der Waals surface area contributed by atoms with Crippen molar-refractivity contribution in [3.8, 4) is 0 Å². The van der Waals surface area contributed by atoms with Gasteiger partial charge in [0.15, 0.2) is 0 Å². The van der Waals surface area contributed by atoms with E-state index in [9.17, 15) is 18.3 Å². The maximum absolute atomic E-state index is 12.4. The van der Waals surface area contributed by atoms with Crippen LogP contribution in [0, 0.1) is 5.92 Å². The number of hydrogen-bond acceptors (Lipinski definition) is 8. The third-order valence-corrected chi connectivity index (χ3v) is 6.06. The zero-order valence-electron chi connectivity index (χ0n) is 12.8. The number of nitrogens with two attached hydrogens (primary N) is 1. The summed E-state index contributed by atoms with van der Waals surface area (Å²) in [5, 5.41) is 32.1. The van der Waals surface area contributed by atoms with Crippen LogP contribution in [0.3, 0.4) is 0 Å². The third-order valence-electron chi connectivity index (χ3n) is 4.35. The van der Waals surface area contributed by atoms with Crippen molar-refractivity contribution in [3.63, 3.8) is 0 Å². The summed E-state index contributed by atoms with van der Waals surface area (Å²) in [5.74, 6) is -1.92. The van der Waals surface area contributed by atoms with Crippen LogP contribution in [0.25, 0.3) is 0 Å². The predicted molar refractivity (Wildman–Crippen MR) is 84.2 cm³/mol. The van der Waals surface area contributed by atoms with Gasteiger partial charge in [0.2, 0.25) is 16.0 Å². The Hall–Kier alpha value is -1.70. The number of H-pyrrole nitrogens is 1. The molecule has 0 aromatic carbocycles. The second-order valence-electron chi connectivity index (χ2n) is 6.00. The van der Waals surface area contributed by atoms with Crippen molar-refractivity contribution < 1.29 is 28.4 Å². The Balaban J connectivity index is 2.11. The smallest absolute Gasteiger partial charge is 0.451 e. The minimum atomic E-state index is -3.89. The zero-order valence-corrected chi connectivity index (χ0v) is 13.6. The van der Waals surface area contributed by atoms with Gasteiger partial charge < -0.3 is 20.9 Å².